The molecule has 0 radical (unpaired) electrons. The van der Waals surface area contributed by atoms with Crippen molar-refractivity contribution in [1.82, 2.24) is 10.2 Å². The van der Waals surface area contributed by atoms with Gasteiger partial charge in [-0.25, -0.2) is 0 Å². The molecule has 1 N–H and O–H groups in total. The SMILES string of the molecule is CCOc1ccc(CCNC(=O)[C@H]2c3ccccc3C(=O)N(C)[C@H]2c2cccs2)cc1OCC. The third-order valence-corrected chi connectivity index (χ3v) is 6.96. The zero-order valence-electron chi connectivity index (χ0n) is 19.7. The number of amides is 2. The Hall–Kier alpha value is -3.32. The number of nitrogens with zero attached hydrogens (tertiary/aromatic N) is 1. The van der Waals surface area contributed by atoms with Crippen LogP contribution in [0.1, 0.15) is 52.2 Å². The molecule has 0 unspecified atom stereocenters. The van der Waals surface area contributed by atoms with Gasteiger partial charge in [-0.15, -0.1) is 11.3 Å². The van der Waals surface area contributed by atoms with Gasteiger partial charge in [0.1, 0.15) is 0 Å². The van der Waals surface area contributed by atoms with Crippen molar-refractivity contribution in [1.29, 1.82) is 0 Å². The summed E-state index contributed by atoms with van der Waals surface area (Å²) in [5.74, 6) is 0.823. The molecule has 0 saturated heterocycles. The van der Waals surface area contributed by atoms with Crippen molar-refractivity contribution < 1.29 is 19.1 Å². The zero-order valence-corrected chi connectivity index (χ0v) is 20.6. The number of carbonyl (C=O) groups excluding carboxylic acids is 2. The van der Waals surface area contributed by atoms with E-state index in [1.807, 2.05) is 67.8 Å². The molecule has 3 aromatic rings. The summed E-state index contributed by atoms with van der Waals surface area (Å²) in [5.41, 5.74) is 2.42. The maximum Gasteiger partial charge on any atom is 0.254 e. The highest BCUT2D eigenvalue weighted by Gasteiger charge is 2.42. The Morgan fingerprint density at radius 3 is 2.53 bits per heavy atom. The van der Waals surface area contributed by atoms with Gasteiger partial charge in [-0.2, -0.15) is 0 Å². The van der Waals surface area contributed by atoms with E-state index in [-0.39, 0.29) is 17.9 Å². The van der Waals surface area contributed by atoms with E-state index in [9.17, 15) is 9.59 Å². The number of benzene rings is 2. The number of carbonyl (C=O) groups is 2. The predicted molar refractivity (Wildman–Crippen MR) is 134 cm³/mol. The quantitative estimate of drug-likeness (QED) is 0.479. The van der Waals surface area contributed by atoms with Gasteiger partial charge < -0.3 is 19.7 Å². The molecule has 1 aromatic heterocycles. The third kappa shape index (κ3) is 4.80. The first-order chi connectivity index (χ1) is 16.5. The lowest BCUT2D eigenvalue weighted by Gasteiger charge is -2.39. The molecule has 2 atom stereocenters. The smallest absolute Gasteiger partial charge is 0.254 e. The molecule has 7 heteroatoms. The van der Waals surface area contributed by atoms with Crippen LogP contribution in [-0.2, 0) is 11.2 Å². The minimum absolute atomic E-state index is 0.0594. The molecule has 0 bridgehead atoms. The number of hydrogen-bond donors (Lipinski definition) is 1. The summed E-state index contributed by atoms with van der Waals surface area (Å²) in [5, 5.41) is 5.09. The van der Waals surface area contributed by atoms with Crippen LogP contribution in [0.15, 0.2) is 60.0 Å². The average molecular weight is 479 g/mol. The molecule has 2 amide bonds. The Morgan fingerprint density at radius 1 is 1.03 bits per heavy atom. The number of likely N-dealkylation sites (N-methyl/N-ethyl adjacent to an activating group) is 1. The highest BCUT2D eigenvalue weighted by atomic mass is 32.1. The maximum atomic E-state index is 13.5. The molecule has 4 rings (SSSR count). The fraction of sp³-hybridized carbons (Fsp3) is 0.333. The van der Waals surface area contributed by atoms with E-state index < -0.39 is 5.92 Å². The third-order valence-electron chi connectivity index (χ3n) is 6.02. The monoisotopic (exact) mass is 478 g/mol. The van der Waals surface area contributed by atoms with Gasteiger partial charge in [0.25, 0.3) is 5.91 Å². The molecule has 0 fully saturated rings. The van der Waals surface area contributed by atoms with Crippen LogP contribution in [-0.4, -0.2) is 43.5 Å². The fourth-order valence-corrected chi connectivity index (χ4v) is 5.37. The highest BCUT2D eigenvalue weighted by molar-refractivity contribution is 7.10. The molecule has 0 aliphatic carbocycles. The van der Waals surface area contributed by atoms with Crippen molar-refractivity contribution in [3.8, 4) is 11.5 Å². The van der Waals surface area contributed by atoms with Gasteiger partial charge in [0.2, 0.25) is 5.91 Å². The van der Waals surface area contributed by atoms with Crippen molar-refractivity contribution >= 4 is 23.2 Å². The number of thiophene rings is 1. The van der Waals surface area contributed by atoms with E-state index in [1.54, 1.807) is 29.4 Å². The second kappa shape index (κ2) is 10.7. The van der Waals surface area contributed by atoms with Crippen LogP contribution < -0.4 is 14.8 Å². The van der Waals surface area contributed by atoms with Gasteiger partial charge in [-0.1, -0.05) is 30.3 Å². The molecule has 2 heterocycles. The van der Waals surface area contributed by atoms with Crippen molar-refractivity contribution in [2.24, 2.45) is 0 Å². The second-order valence-electron chi connectivity index (χ2n) is 8.13. The van der Waals surface area contributed by atoms with Crippen LogP contribution in [0.3, 0.4) is 0 Å². The maximum absolute atomic E-state index is 13.5. The molecular formula is C27H30N2O4S. The topological polar surface area (TPSA) is 67.9 Å². The van der Waals surface area contributed by atoms with Crippen LogP contribution >= 0.6 is 11.3 Å². The number of rotatable bonds is 9. The Labute approximate surface area is 204 Å². The molecule has 34 heavy (non-hydrogen) atoms. The van der Waals surface area contributed by atoms with Crippen LogP contribution in [0.5, 0.6) is 11.5 Å². The Bertz CT molecular complexity index is 1150. The molecule has 0 spiro atoms. The van der Waals surface area contributed by atoms with E-state index in [0.717, 1.165) is 21.8 Å². The summed E-state index contributed by atoms with van der Waals surface area (Å²) < 4.78 is 11.4. The molecule has 178 valence electrons. The predicted octanol–water partition coefficient (Wildman–Crippen LogP) is 4.81. The number of hydrogen-bond acceptors (Lipinski definition) is 5. The van der Waals surface area contributed by atoms with E-state index in [1.165, 1.54) is 0 Å². The highest BCUT2D eigenvalue weighted by Crippen LogP contribution is 2.43. The van der Waals surface area contributed by atoms with Gasteiger partial charge >= 0.3 is 0 Å². The first-order valence-electron chi connectivity index (χ1n) is 11.6. The summed E-state index contributed by atoms with van der Waals surface area (Å²) in [7, 11) is 1.78. The van der Waals surface area contributed by atoms with E-state index >= 15 is 0 Å². The van der Waals surface area contributed by atoms with Gasteiger partial charge in [-0.05, 0) is 61.0 Å². The fourth-order valence-electron chi connectivity index (χ4n) is 4.46. The molecule has 6 nitrogen and oxygen atoms in total. The summed E-state index contributed by atoms with van der Waals surface area (Å²) in [6, 6.07) is 16.9. The van der Waals surface area contributed by atoms with Gasteiger partial charge in [0.05, 0.1) is 25.2 Å². The molecule has 1 aliphatic heterocycles. The van der Waals surface area contributed by atoms with Crippen LogP contribution in [0.2, 0.25) is 0 Å². The summed E-state index contributed by atoms with van der Waals surface area (Å²) in [6.45, 7) is 5.48. The van der Waals surface area contributed by atoms with E-state index in [2.05, 4.69) is 5.32 Å². The van der Waals surface area contributed by atoms with Crippen LogP contribution in [0.4, 0.5) is 0 Å². The Morgan fingerprint density at radius 2 is 1.79 bits per heavy atom. The molecule has 0 saturated carbocycles. The lowest BCUT2D eigenvalue weighted by Crippen LogP contribution is -2.45. The minimum atomic E-state index is -0.475. The minimum Gasteiger partial charge on any atom is -0.490 e. The van der Waals surface area contributed by atoms with Crippen molar-refractivity contribution in [3.05, 3.63) is 81.5 Å². The standard InChI is InChI=1S/C27H30N2O4S/c1-4-32-21-13-12-18(17-22(21)33-5-2)14-15-28-26(30)24-19-9-6-7-10-20(19)27(31)29(3)25(24)23-11-8-16-34-23/h6-13,16-17,24-25H,4-5,14-15H2,1-3H3,(H,28,30)/t24-,25-/m0/s1. The van der Waals surface area contributed by atoms with E-state index in [4.69, 9.17) is 9.47 Å². The Balaban J connectivity index is 1.53. The summed E-state index contributed by atoms with van der Waals surface area (Å²) in [6.07, 6.45) is 0.658. The van der Waals surface area contributed by atoms with Crippen LogP contribution in [0, 0.1) is 0 Å². The van der Waals surface area contributed by atoms with Gasteiger partial charge in [-0.3, -0.25) is 9.59 Å². The molecule has 1 aliphatic rings. The van der Waals surface area contributed by atoms with Gasteiger partial charge in [0, 0.05) is 24.0 Å². The average Bonchev–Trinajstić information content (AvgIpc) is 3.37. The second-order valence-corrected chi connectivity index (χ2v) is 9.11. The number of nitrogens with one attached hydrogen (secondary N) is 1. The molecule has 2 aromatic carbocycles. The summed E-state index contributed by atoms with van der Waals surface area (Å²) in [4.78, 5) is 29.2. The van der Waals surface area contributed by atoms with Crippen molar-refractivity contribution in [3.63, 3.8) is 0 Å². The zero-order chi connectivity index (χ0) is 24.1. The lowest BCUT2D eigenvalue weighted by atomic mass is 9.81. The number of ether oxygens (including phenoxy) is 2. The number of fused-ring (bicyclic) bond motifs is 1. The first-order valence-corrected chi connectivity index (χ1v) is 12.5. The largest absolute Gasteiger partial charge is 0.490 e. The van der Waals surface area contributed by atoms with E-state index in [0.29, 0.717) is 37.5 Å². The Kier molecular flexibility index (Phi) is 7.53. The van der Waals surface area contributed by atoms with Crippen molar-refractivity contribution in [2.45, 2.75) is 32.2 Å². The molecular weight excluding hydrogens is 448 g/mol. The summed E-state index contributed by atoms with van der Waals surface area (Å²) >= 11 is 1.56. The normalized spacial score (nSPS) is 17.3. The lowest BCUT2D eigenvalue weighted by molar-refractivity contribution is -0.124. The first kappa shape index (κ1) is 23.8. The van der Waals surface area contributed by atoms with Crippen LogP contribution in [0.25, 0.3) is 0 Å². The van der Waals surface area contributed by atoms with Gasteiger partial charge in [0.15, 0.2) is 11.5 Å². The van der Waals surface area contributed by atoms with Crippen molar-refractivity contribution in [2.75, 3.05) is 26.8 Å².